The zero-order valence-corrected chi connectivity index (χ0v) is 18.1. The molecular weight excluding hydrogens is 418 g/mol. The van der Waals surface area contributed by atoms with Crippen molar-refractivity contribution in [2.45, 2.75) is 38.6 Å². The zero-order valence-electron chi connectivity index (χ0n) is 15.7. The van der Waals surface area contributed by atoms with Crippen molar-refractivity contribution in [2.24, 2.45) is 0 Å². The third kappa shape index (κ3) is 5.03. The summed E-state index contributed by atoms with van der Waals surface area (Å²) in [7, 11) is 0. The number of ether oxygens (including phenoxy) is 1. The highest BCUT2D eigenvalue weighted by Gasteiger charge is 2.19. The molecule has 0 aliphatic heterocycles. The third-order valence-corrected chi connectivity index (χ3v) is 5.96. The number of nitrogens with zero attached hydrogens (tertiary/aromatic N) is 4. The predicted molar refractivity (Wildman–Crippen MR) is 112 cm³/mol. The molecule has 1 unspecified atom stereocenters. The number of anilines is 1. The van der Waals surface area contributed by atoms with Crippen molar-refractivity contribution >= 4 is 45.7 Å². The van der Waals surface area contributed by atoms with Crippen LogP contribution in [0.1, 0.15) is 31.3 Å². The van der Waals surface area contributed by atoms with Crippen LogP contribution < -0.4 is 10.1 Å². The van der Waals surface area contributed by atoms with Gasteiger partial charge in [-0.3, -0.25) is 4.79 Å². The molecule has 3 rings (SSSR count). The van der Waals surface area contributed by atoms with Crippen LogP contribution in [-0.2, 0) is 11.3 Å². The standard InChI is InChI=1S/C18H20ClN5O2S2/c1-4-24-16(12(3)26-13-5-6-14(19)11(2)9-13)22-23-18(24)28-10-15(25)21-17-20-7-8-27-17/h5-9,12H,4,10H2,1-3H3,(H,20,21,25). The van der Waals surface area contributed by atoms with Crippen LogP contribution in [0.5, 0.6) is 5.75 Å². The van der Waals surface area contributed by atoms with Crippen molar-refractivity contribution in [3.8, 4) is 5.75 Å². The monoisotopic (exact) mass is 437 g/mol. The highest BCUT2D eigenvalue weighted by Crippen LogP contribution is 2.27. The molecule has 0 aliphatic carbocycles. The van der Waals surface area contributed by atoms with Gasteiger partial charge in [0.2, 0.25) is 5.91 Å². The lowest BCUT2D eigenvalue weighted by atomic mass is 10.2. The molecule has 148 valence electrons. The van der Waals surface area contributed by atoms with Crippen LogP contribution >= 0.6 is 34.7 Å². The second-order valence-corrected chi connectivity index (χ2v) is 8.17. The second kappa shape index (κ2) is 9.40. The van der Waals surface area contributed by atoms with Crippen molar-refractivity contribution in [3.05, 3.63) is 46.2 Å². The van der Waals surface area contributed by atoms with E-state index in [0.29, 0.717) is 27.7 Å². The number of carbonyl (C=O) groups excluding carboxylic acids is 1. The van der Waals surface area contributed by atoms with Gasteiger partial charge in [0.05, 0.1) is 5.75 Å². The van der Waals surface area contributed by atoms with Crippen LogP contribution in [0.3, 0.4) is 0 Å². The van der Waals surface area contributed by atoms with Gasteiger partial charge in [0.15, 0.2) is 22.2 Å². The zero-order chi connectivity index (χ0) is 20.1. The summed E-state index contributed by atoms with van der Waals surface area (Å²) in [5.41, 5.74) is 0.950. The van der Waals surface area contributed by atoms with E-state index in [-0.39, 0.29) is 17.8 Å². The van der Waals surface area contributed by atoms with E-state index in [1.165, 1.54) is 23.1 Å². The first-order chi connectivity index (χ1) is 13.5. The van der Waals surface area contributed by atoms with Gasteiger partial charge in [-0.05, 0) is 44.5 Å². The van der Waals surface area contributed by atoms with Gasteiger partial charge in [-0.1, -0.05) is 23.4 Å². The smallest absolute Gasteiger partial charge is 0.236 e. The number of nitrogens with one attached hydrogen (secondary N) is 1. The minimum absolute atomic E-state index is 0.131. The fourth-order valence-corrected chi connectivity index (χ4v) is 3.99. The summed E-state index contributed by atoms with van der Waals surface area (Å²) in [4.78, 5) is 16.1. The summed E-state index contributed by atoms with van der Waals surface area (Å²) in [6.07, 6.45) is 1.35. The Labute approximate surface area is 176 Å². The maximum Gasteiger partial charge on any atom is 0.236 e. The van der Waals surface area contributed by atoms with Gasteiger partial charge in [-0.25, -0.2) is 4.98 Å². The Hall–Kier alpha value is -2.10. The molecule has 0 saturated carbocycles. The normalized spacial score (nSPS) is 12.0. The molecule has 1 aromatic carbocycles. The summed E-state index contributed by atoms with van der Waals surface area (Å²) in [6, 6.07) is 5.53. The molecule has 2 heterocycles. The van der Waals surface area contributed by atoms with E-state index in [2.05, 4.69) is 20.5 Å². The number of rotatable bonds is 8. The minimum atomic E-state index is -0.300. The summed E-state index contributed by atoms with van der Waals surface area (Å²) in [6.45, 7) is 6.53. The summed E-state index contributed by atoms with van der Waals surface area (Å²) in [5.74, 6) is 1.52. The molecule has 28 heavy (non-hydrogen) atoms. The van der Waals surface area contributed by atoms with Gasteiger partial charge in [0, 0.05) is 23.1 Å². The van der Waals surface area contributed by atoms with E-state index in [0.717, 1.165) is 11.3 Å². The highest BCUT2D eigenvalue weighted by molar-refractivity contribution is 7.99. The number of carbonyl (C=O) groups is 1. The number of thiazole rings is 1. The SMILES string of the molecule is CCn1c(SCC(=O)Nc2nccs2)nnc1C(C)Oc1ccc(Cl)c(C)c1. The van der Waals surface area contributed by atoms with Crippen molar-refractivity contribution < 1.29 is 9.53 Å². The minimum Gasteiger partial charge on any atom is -0.483 e. The van der Waals surface area contributed by atoms with Gasteiger partial charge >= 0.3 is 0 Å². The predicted octanol–water partition coefficient (Wildman–Crippen LogP) is 4.59. The fraction of sp³-hybridized carbons (Fsp3) is 0.333. The number of thioether (sulfide) groups is 1. The summed E-state index contributed by atoms with van der Waals surface area (Å²) >= 11 is 8.78. The number of aryl methyl sites for hydroxylation is 1. The molecule has 0 radical (unpaired) electrons. The lowest BCUT2D eigenvalue weighted by Crippen LogP contribution is -2.15. The van der Waals surface area contributed by atoms with E-state index in [1.54, 1.807) is 6.20 Å². The topological polar surface area (TPSA) is 81.9 Å². The summed E-state index contributed by atoms with van der Waals surface area (Å²) in [5, 5.41) is 15.0. The van der Waals surface area contributed by atoms with Gasteiger partial charge in [0.25, 0.3) is 0 Å². The van der Waals surface area contributed by atoms with E-state index in [1.807, 2.05) is 48.9 Å². The van der Waals surface area contributed by atoms with Crippen LogP contribution in [0.4, 0.5) is 5.13 Å². The van der Waals surface area contributed by atoms with Crippen molar-refractivity contribution in [1.82, 2.24) is 19.7 Å². The third-order valence-electron chi connectivity index (χ3n) is 3.88. The Morgan fingerprint density at radius 1 is 1.43 bits per heavy atom. The maximum absolute atomic E-state index is 12.1. The van der Waals surface area contributed by atoms with Crippen LogP contribution in [-0.4, -0.2) is 31.4 Å². The van der Waals surface area contributed by atoms with E-state index in [9.17, 15) is 4.79 Å². The molecule has 1 N–H and O–H groups in total. The quantitative estimate of drug-likeness (QED) is 0.519. The highest BCUT2D eigenvalue weighted by atomic mass is 35.5. The average molecular weight is 438 g/mol. The molecule has 10 heteroatoms. The Balaban J connectivity index is 1.65. The molecule has 0 fully saturated rings. The van der Waals surface area contributed by atoms with Crippen LogP contribution in [0, 0.1) is 6.92 Å². The van der Waals surface area contributed by atoms with Gasteiger partial charge in [0.1, 0.15) is 5.75 Å². The fourth-order valence-electron chi connectivity index (χ4n) is 2.52. The van der Waals surface area contributed by atoms with Crippen LogP contribution in [0.2, 0.25) is 5.02 Å². The Morgan fingerprint density at radius 3 is 2.93 bits per heavy atom. The molecule has 1 amide bonds. The Morgan fingerprint density at radius 2 is 2.25 bits per heavy atom. The van der Waals surface area contributed by atoms with Crippen LogP contribution in [0.15, 0.2) is 34.9 Å². The van der Waals surface area contributed by atoms with Crippen molar-refractivity contribution in [2.75, 3.05) is 11.1 Å². The Kier molecular flexibility index (Phi) is 6.93. The summed E-state index contributed by atoms with van der Waals surface area (Å²) < 4.78 is 7.96. The molecular formula is C18H20ClN5O2S2. The van der Waals surface area contributed by atoms with E-state index in [4.69, 9.17) is 16.3 Å². The average Bonchev–Trinajstić information content (AvgIpc) is 3.32. The number of aromatic nitrogens is 4. The Bertz CT molecular complexity index is 946. The van der Waals surface area contributed by atoms with Gasteiger partial charge in [-0.2, -0.15) is 0 Å². The van der Waals surface area contributed by atoms with Gasteiger partial charge < -0.3 is 14.6 Å². The molecule has 3 aromatic rings. The molecule has 2 aromatic heterocycles. The first-order valence-electron chi connectivity index (χ1n) is 8.66. The molecule has 1 atom stereocenters. The number of amides is 1. The molecule has 0 spiro atoms. The largest absolute Gasteiger partial charge is 0.483 e. The molecule has 0 bridgehead atoms. The van der Waals surface area contributed by atoms with Gasteiger partial charge in [-0.15, -0.1) is 21.5 Å². The van der Waals surface area contributed by atoms with E-state index < -0.39 is 0 Å². The molecule has 0 saturated heterocycles. The number of hydrogen-bond donors (Lipinski definition) is 1. The second-order valence-electron chi connectivity index (χ2n) is 5.93. The van der Waals surface area contributed by atoms with E-state index >= 15 is 0 Å². The number of benzene rings is 1. The maximum atomic E-state index is 12.1. The van der Waals surface area contributed by atoms with Crippen LogP contribution in [0.25, 0.3) is 0 Å². The first-order valence-corrected chi connectivity index (χ1v) is 10.9. The number of hydrogen-bond acceptors (Lipinski definition) is 7. The first kappa shape index (κ1) is 20.6. The lowest BCUT2D eigenvalue weighted by Gasteiger charge is -2.16. The van der Waals surface area contributed by atoms with Crippen molar-refractivity contribution in [3.63, 3.8) is 0 Å². The molecule has 0 aliphatic rings. The van der Waals surface area contributed by atoms with Crippen molar-refractivity contribution in [1.29, 1.82) is 0 Å². The number of halogens is 1. The lowest BCUT2D eigenvalue weighted by molar-refractivity contribution is -0.113. The molecule has 7 nitrogen and oxygen atoms in total.